The third-order valence-corrected chi connectivity index (χ3v) is 7.80. The van der Waals surface area contributed by atoms with Crippen LogP contribution in [0.5, 0.6) is 0 Å². The number of hydrogen-bond donors (Lipinski definition) is 3. The molecule has 0 unspecified atom stereocenters. The molecule has 0 bridgehead atoms. The number of aromatic nitrogens is 3. The Balaban J connectivity index is 1.25. The molecular weight excluding hydrogens is 518 g/mol. The SMILES string of the molecule is NC(=O)N(c1cccc2c1C(=O)c1c-2n[nH]c1-c1ccc(C(=O)NCCc2ccccn2)s1)N1CCOCC1. The van der Waals surface area contributed by atoms with Gasteiger partial charge < -0.3 is 15.8 Å². The zero-order valence-electron chi connectivity index (χ0n) is 20.8. The average Bonchev–Trinajstić information content (AvgIpc) is 3.67. The molecule has 11 nitrogen and oxygen atoms in total. The molecule has 3 amide bonds. The summed E-state index contributed by atoms with van der Waals surface area (Å²) in [7, 11) is 0. The van der Waals surface area contributed by atoms with Gasteiger partial charge in [-0.05, 0) is 30.3 Å². The molecule has 1 aromatic carbocycles. The van der Waals surface area contributed by atoms with Crippen LogP contribution in [0.1, 0.15) is 31.3 Å². The number of benzene rings is 1. The first-order valence-corrected chi connectivity index (χ1v) is 13.3. The number of carbonyl (C=O) groups is 3. The summed E-state index contributed by atoms with van der Waals surface area (Å²) >= 11 is 1.27. The second kappa shape index (κ2) is 10.4. The minimum Gasteiger partial charge on any atom is -0.379 e. The minimum absolute atomic E-state index is 0.196. The van der Waals surface area contributed by atoms with Gasteiger partial charge >= 0.3 is 6.03 Å². The smallest absolute Gasteiger partial charge is 0.334 e. The van der Waals surface area contributed by atoms with E-state index in [1.54, 1.807) is 41.5 Å². The van der Waals surface area contributed by atoms with Crippen molar-refractivity contribution in [1.82, 2.24) is 25.5 Å². The van der Waals surface area contributed by atoms with Crippen LogP contribution in [0.4, 0.5) is 10.5 Å². The normalized spacial score (nSPS) is 14.6. The summed E-state index contributed by atoms with van der Waals surface area (Å²) in [6, 6.07) is 13.8. The number of urea groups is 1. The Morgan fingerprint density at radius 3 is 2.72 bits per heavy atom. The highest BCUT2D eigenvalue weighted by Gasteiger charge is 2.38. The fourth-order valence-corrected chi connectivity index (χ4v) is 5.83. The molecule has 3 aromatic heterocycles. The highest BCUT2D eigenvalue weighted by Crippen LogP contribution is 2.45. The van der Waals surface area contributed by atoms with Gasteiger partial charge in [-0.15, -0.1) is 11.3 Å². The lowest BCUT2D eigenvalue weighted by Crippen LogP contribution is -2.54. The topological polar surface area (TPSA) is 147 Å². The number of pyridine rings is 1. The summed E-state index contributed by atoms with van der Waals surface area (Å²) in [4.78, 5) is 44.6. The van der Waals surface area contributed by atoms with E-state index in [9.17, 15) is 14.4 Å². The lowest BCUT2D eigenvalue weighted by Gasteiger charge is -2.36. The van der Waals surface area contributed by atoms with Gasteiger partial charge in [0, 0.05) is 43.5 Å². The van der Waals surface area contributed by atoms with Crippen molar-refractivity contribution in [3.05, 3.63) is 76.4 Å². The van der Waals surface area contributed by atoms with E-state index in [0.29, 0.717) is 82.8 Å². The molecular formula is C27H25N7O4S. The number of hydrogen-bond acceptors (Lipinski definition) is 8. The highest BCUT2D eigenvalue weighted by molar-refractivity contribution is 7.17. The first-order chi connectivity index (χ1) is 19.0. The van der Waals surface area contributed by atoms with E-state index in [0.717, 1.165) is 5.69 Å². The lowest BCUT2D eigenvalue weighted by molar-refractivity contribution is 0.0364. The molecule has 12 heteroatoms. The Hall–Kier alpha value is -4.39. The van der Waals surface area contributed by atoms with Crippen LogP contribution in [0.15, 0.2) is 54.7 Å². The first kappa shape index (κ1) is 24.9. The third-order valence-electron chi connectivity index (χ3n) is 6.69. The third kappa shape index (κ3) is 4.58. The number of primary amides is 1. The van der Waals surface area contributed by atoms with Crippen molar-refractivity contribution in [1.29, 1.82) is 0 Å². The van der Waals surface area contributed by atoms with Gasteiger partial charge in [0.15, 0.2) is 5.78 Å². The van der Waals surface area contributed by atoms with Gasteiger partial charge in [-0.3, -0.25) is 19.7 Å². The predicted octanol–water partition coefficient (Wildman–Crippen LogP) is 2.85. The molecule has 0 radical (unpaired) electrons. The first-order valence-electron chi connectivity index (χ1n) is 12.5. The molecule has 2 aliphatic rings. The van der Waals surface area contributed by atoms with E-state index >= 15 is 0 Å². The van der Waals surface area contributed by atoms with Gasteiger partial charge in [0.1, 0.15) is 5.69 Å². The molecule has 4 heterocycles. The van der Waals surface area contributed by atoms with Crippen molar-refractivity contribution in [2.45, 2.75) is 6.42 Å². The summed E-state index contributed by atoms with van der Waals surface area (Å²) < 4.78 is 5.41. The molecule has 198 valence electrons. The lowest BCUT2D eigenvalue weighted by atomic mass is 10.1. The number of nitrogens with two attached hydrogens (primary N) is 1. The van der Waals surface area contributed by atoms with Crippen LogP contribution < -0.4 is 16.1 Å². The number of ether oxygens (including phenoxy) is 1. The van der Waals surface area contributed by atoms with Crippen molar-refractivity contribution in [2.75, 3.05) is 37.9 Å². The Kier molecular flexibility index (Phi) is 6.65. The van der Waals surface area contributed by atoms with Gasteiger partial charge in [0.25, 0.3) is 5.91 Å². The summed E-state index contributed by atoms with van der Waals surface area (Å²) in [6.45, 7) is 2.31. The number of amides is 3. The molecule has 0 atom stereocenters. The largest absolute Gasteiger partial charge is 0.379 e. The average molecular weight is 544 g/mol. The number of rotatable bonds is 7. The van der Waals surface area contributed by atoms with Crippen molar-refractivity contribution >= 4 is 34.7 Å². The quantitative estimate of drug-likeness (QED) is 0.286. The number of anilines is 1. The number of morpholine rings is 1. The highest BCUT2D eigenvalue weighted by atomic mass is 32.1. The van der Waals surface area contributed by atoms with Crippen LogP contribution >= 0.6 is 11.3 Å². The molecule has 4 N–H and O–H groups in total. The van der Waals surface area contributed by atoms with Gasteiger partial charge in [-0.2, -0.15) is 5.10 Å². The van der Waals surface area contributed by atoms with Gasteiger partial charge in [0.2, 0.25) is 0 Å². The van der Waals surface area contributed by atoms with Crippen LogP contribution in [-0.2, 0) is 11.2 Å². The fraction of sp³-hybridized carbons (Fsp3) is 0.222. The number of ketones is 1. The van der Waals surface area contributed by atoms with Gasteiger partial charge in [-0.1, -0.05) is 18.2 Å². The maximum atomic E-state index is 13.8. The number of hydrazine groups is 1. The molecule has 1 fully saturated rings. The number of carbonyl (C=O) groups excluding carboxylic acids is 3. The molecule has 1 aliphatic carbocycles. The van der Waals surface area contributed by atoms with Crippen LogP contribution in [0.25, 0.3) is 21.8 Å². The Morgan fingerprint density at radius 1 is 1.10 bits per heavy atom. The number of thiophene rings is 1. The molecule has 39 heavy (non-hydrogen) atoms. The van der Waals surface area contributed by atoms with E-state index in [2.05, 4.69) is 20.5 Å². The molecule has 6 rings (SSSR count). The van der Waals surface area contributed by atoms with Crippen molar-refractivity contribution in [2.24, 2.45) is 5.73 Å². The van der Waals surface area contributed by atoms with E-state index in [1.165, 1.54) is 16.3 Å². The Labute approximate surface area is 227 Å². The number of aromatic amines is 1. The van der Waals surface area contributed by atoms with Crippen molar-refractivity contribution in [3.63, 3.8) is 0 Å². The maximum Gasteiger partial charge on any atom is 0.334 e. The van der Waals surface area contributed by atoms with Crippen LogP contribution in [0.2, 0.25) is 0 Å². The number of nitrogens with zero attached hydrogens (tertiary/aromatic N) is 4. The van der Waals surface area contributed by atoms with E-state index in [1.807, 2.05) is 18.2 Å². The van der Waals surface area contributed by atoms with Crippen molar-refractivity contribution in [3.8, 4) is 21.8 Å². The van der Waals surface area contributed by atoms with E-state index in [4.69, 9.17) is 10.5 Å². The Morgan fingerprint density at radius 2 is 1.95 bits per heavy atom. The van der Waals surface area contributed by atoms with E-state index in [-0.39, 0.29) is 11.7 Å². The van der Waals surface area contributed by atoms with Gasteiger partial charge in [-0.25, -0.2) is 14.8 Å². The monoisotopic (exact) mass is 543 g/mol. The second-order valence-corrected chi connectivity index (χ2v) is 10.1. The molecule has 4 aromatic rings. The summed E-state index contributed by atoms with van der Waals surface area (Å²) in [6.07, 6.45) is 2.35. The molecule has 0 spiro atoms. The number of nitrogens with one attached hydrogen (secondary N) is 2. The fourth-order valence-electron chi connectivity index (χ4n) is 4.91. The zero-order valence-corrected chi connectivity index (χ0v) is 21.7. The van der Waals surface area contributed by atoms with E-state index < -0.39 is 6.03 Å². The van der Waals surface area contributed by atoms with Crippen LogP contribution in [0.3, 0.4) is 0 Å². The standard InChI is InChI=1S/C27H25N7O4S/c28-27(37)34(33-12-14-38-15-13-33)18-6-3-5-17-21(18)25(35)22-23(17)31-32-24(22)19-7-8-20(39-19)26(36)30-11-9-16-4-1-2-10-29-16/h1-8,10H,9,11-15H2,(H2,28,37)(H,30,36)(H,31,32). The molecule has 1 saturated heterocycles. The summed E-state index contributed by atoms with van der Waals surface area (Å²) in [5.41, 5.74) is 9.53. The van der Waals surface area contributed by atoms with Crippen LogP contribution in [0, 0.1) is 0 Å². The summed E-state index contributed by atoms with van der Waals surface area (Å²) in [5, 5.41) is 13.5. The van der Waals surface area contributed by atoms with Gasteiger partial charge in [0.05, 0.1) is 45.5 Å². The zero-order chi connectivity index (χ0) is 26.9. The minimum atomic E-state index is -0.679. The second-order valence-electron chi connectivity index (χ2n) is 9.06. The molecule has 0 saturated carbocycles. The number of H-pyrrole nitrogens is 1. The maximum absolute atomic E-state index is 13.8. The number of fused-ring (bicyclic) bond motifs is 3. The predicted molar refractivity (Wildman–Crippen MR) is 145 cm³/mol. The molecule has 1 aliphatic heterocycles. The summed E-state index contributed by atoms with van der Waals surface area (Å²) in [5.74, 6) is -0.452. The van der Waals surface area contributed by atoms with Crippen LogP contribution in [-0.4, -0.2) is 70.8 Å². The Bertz CT molecular complexity index is 1560. The van der Waals surface area contributed by atoms with Crippen molar-refractivity contribution < 1.29 is 19.1 Å².